The van der Waals surface area contributed by atoms with Gasteiger partial charge in [-0.15, -0.1) is 11.3 Å². The molecule has 0 amide bonds. The van der Waals surface area contributed by atoms with Crippen molar-refractivity contribution in [3.63, 3.8) is 0 Å². The van der Waals surface area contributed by atoms with E-state index in [4.69, 9.17) is 5.26 Å². The Morgan fingerprint density at radius 2 is 2.15 bits per heavy atom. The molecule has 1 aromatic heterocycles. The lowest BCUT2D eigenvalue weighted by molar-refractivity contribution is -0.120. The number of ketones is 1. The zero-order chi connectivity index (χ0) is 14.1. The molecule has 2 aromatic rings. The molecule has 6 heteroatoms. The van der Waals surface area contributed by atoms with Gasteiger partial charge in [0, 0.05) is 18.9 Å². The first kappa shape index (κ1) is 13.5. The van der Waals surface area contributed by atoms with Gasteiger partial charge in [0.1, 0.15) is 11.9 Å². The molecule has 102 valence electrons. The van der Waals surface area contributed by atoms with E-state index in [9.17, 15) is 4.79 Å². The first-order valence-corrected chi connectivity index (χ1v) is 8.05. The highest BCUT2D eigenvalue weighted by atomic mass is 79.9. The highest BCUT2D eigenvalue weighted by Crippen LogP contribution is 2.35. The monoisotopic (exact) mass is 349 g/mol. The van der Waals surface area contributed by atoms with Gasteiger partial charge in [0.25, 0.3) is 0 Å². The van der Waals surface area contributed by atoms with Crippen LogP contribution in [0.2, 0.25) is 0 Å². The molecule has 0 saturated heterocycles. The molecule has 1 aliphatic rings. The molecular formula is C14H12BrN3OS. The van der Waals surface area contributed by atoms with Crippen LogP contribution in [0.4, 0.5) is 5.69 Å². The van der Waals surface area contributed by atoms with Crippen LogP contribution < -0.4 is 5.32 Å². The molecule has 0 bridgehead atoms. The van der Waals surface area contributed by atoms with Gasteiger partial charge in [-0.05, 0) is 40.9 Å². The van der Waals surface area contributed by atoms with Crippen LogP contribution in [-0.4, -0.2) is 16.8 Å². The van der Waals surface area contributed by atoms with Crippen molar-refractivity contribution in [3.05, 3.63) is 21.6 Å². The number of nitriles is 1. The first-order chi connectivity index (χ1) is 9.67. The average Bonchev–Trinajstić information content (AvgIpc) is 2.88. The fourth-order valence-electron chi connectivity index (χ4n) is 2.43. The molecular weight excluding hydrogens is 338 g/mol. The summed E-state index contributed by atoms with van der Waals surface area (Å²) in [5.41, 5.74) is 1.80. The number of fused-ring (bicyclic) bond motifs is 1. The van der Waals surface area contributed by atoms with Crippen molar-refractivity contribution in [2.24, 2.45) is 0 Å². The van der Waals surface area contributed by atoms with Crippen molar-refractivity contribution < 1.29 is 4.79 Å². The van der Waals surface area contributed by atoms with Crippen LogP contribution in [0.1, 0.15) is 30.7 Å². The Labute approximate surface area is 128 Å². The molecule has 20 heavy (non-hydrogen) atoms. The Morgan fingerprint density at radius 1 is 1.40 bits per heavy atom. The molecule has 0 atom stereocenters. The summed E-state index contributed by atoms with van der Waals surface area (Å²) < 4.78 is 1.89. The van der Waals surface area contributed by atoms with Crippen molar-refractivity contribution in [2.75, 3.05) is 5.32 Å². The fourth-order valence-corrected chi connectivity index (χ4v) is 3.88. The summed E-state index contributed by atoms with van der Waals surface area (Å²) in [5.74, 6) is 0.357. The Balaban J connectivity index is 1.86. The second-order valence-corrected chi connectivity index (χ2v) is 6.69. The summed E-state index contributed by atoms with van der Waals surface area (Å²) in [5, 5.41) is 12.9. The standard InChI is InChI=1S/C14H12BrN3OS/c15-13-10(17-8-1-3-9(19)4-2-8)5-6-11-14(13)18-12(7-16)20-11/h5-6,8,17H,1-4H2. The summed E-state index contributed by atoms with van der Waals surface area (Å²) in [4.78, 5) is 15.6. The highest BCUT2D eigenvalue weighted by molar-refractivity contribution is 9.10. The lowest BCUT2D eigenvalue weighted by Crippen LogP contribution is -2.26. The number of thiazole rings is 1. The van der Waals surface area contributed by atoms with Gasteiger partial charge in [-0.1, -0.05) is 0 Å². The van der Waals surface area contributed by atoms with Gasteiger partial charge in [-0.3, -0.25) is 4.79 Å². The van der Waals surface area contributed by atoms with E-state index >= 15 is 0 Å². The van der Waals surface area contributed by atoms with Crippen molar-refractivity contribution in [1.82, 2.24) is 4.98 Å². The number of carbonyl (C=O) groups is 1. The SMILES string of the molecule is N#Cc1nc2c(Br)c(NC3CCC(=O)CC3)ccc2s1. The number of aromatic nitrogens is 1. The molecule has 0 spiro atoms. The van der Waals surface area contributed by atoms with E-state index in [0.717, 1.165) is 33.2 Å². The number of rotatable bonds is 2. The van der Waals surface area contributed by atoms with Crippen LogP contribution >= 0.6 is 27.3 Å². The number of Topliss-reactive ketones (excluding diaryl/α,β-unsaturated/α-hetero) is 1. The number of nitrogens with zero attached hydrogens (tertiary/aromatic N) is 2. The summed E-state index contributed by atoms with van der Waals surface area (Å²) in [6.45, 7) is 0. The molecule has 0 unspecified atom stereocenters. The van der Waals surface area contributed by atoms with Crippen LogP contribution in [0.5, 0.6) is 0 Å². The van der Waals surface area contributed by atoms with Crippen molar-refractivity contribution in [2.45, 2.75) is 31.7 Å². The minimum absolute atomic E-state index is 0.329. The fraction of sp³-hybridized carbons (Fsp3) is 0.357. The average molecular weight is 350 g/mol. The van der Waals surface area contributed by atoms with Gasteiger partial charge in [0.05, 0.1) is 20.4 Å². The molecule has 0 radical (unpaired) electrons. The molecule has 1 N–H and O–H groups in total. The van der Waals surface area contributed by atoms with Crippen LogP contribution in [0, 0.1) is 11.3 Å². The molecule has 1 aromatic carbocycles. The molecule has 0 aliphatic heterocycles. The third kappa shape index (κ3) is 2.56. The van der Waals surface area contributed by atoms with Crippen LogP contribution in [0.15, 0.2) is 16.6 Å². The Bertz CT molecular complexity index is 709. The summed E-state index contributed by atoms with van der Waals surface area (Å²) in [7, 11) is 0. The first-order valence-electron chi connectivity index (χ1n) is 6.45. The van der Waals surface area contributed by atoms with Gasteiger partial charge >= 0.3 is 0 Å². The lowest BCUT2D eigenvalue weighted by Gasteiger charge is -2.23. The number of carbonyl (C=O) groups excluding carboxylic acids is 1. The van der Waals surface area contributed by atoms with Crippen molar-refractivity contribution in [3.8, 4) is 6.07 Å². The zero-order valence-electron chi connectivity index (χ0n) is 10.6. The van der Waals surface area contributed by atoms with Gasteiger partial charge in [0.2, 0.25) is 0 Å². The Hall–Kier alpha value is -1.45. The summed E-state index contributed by atoms with van der Waals surface area (Å²) >= 11 is 4.96. The third-order valence-corrected chi connectivity index (χ3v) is 5.23. The molecule has 3 rings (SSSR count). The number of halogens is 1. The Kier molecular flexibility index (Phi) is 3.72. The minimum atomic E-state index is 0.329. The summed E-state index contributed by atoms with van der Waals surface area (Å²) in [6, 6.07) is 6.39. The van der Waals surface area contributed by atoms with Gasteiger partial charge < -0.3 is 5.32 Å². The van der Waals surface area contributed by atoms with E-state index in [-0.39, 0.29) is 0 Å². The second-order valence-electron chi connectivity index (χ2n) is 4.86. The number of hydrogen-bond acceptors (Lipinski definition) is 5. The van der Waals surface area contributed by atoms with E-state index in [1.165, 1.54) is 11.3 Å². The lowest BCUT2D eigenvalue weighted by atomic mass is 9.94. The van der Waals surface area contributed by atoms with Crippen LogP contribution in [0.25, 0.3) is 10.2 Å². The van der Waals surface area contributed by atoms with E-state index in [1.807, 2.05) is 12.1 Å². The highest BCUT2D eigenvalue weighted by Gasteiger charge is 2.20. The maximum absolute atomic E-state index is 11.3. The van der Waals surface area contributed by atoms with Crippen molar-refractivity contribution >= 4 is 49.0 Å². The van der Waals surface area contributed by atoms with Gasteiger partial charge in [-0.25, -0.2) is 4.98 Å². The maximum atomic E-state index is 11.3. The quantitative estimate of drug-likeness (QED) is 0.893. The second kappa shape index (κ2) is 5.51. The normalized spacial score (nSPS) is 16.3. The minimum Gasteiger partial charge on any atom is -0.381 e. The van der Waals surface area contributed by atoms with Gasteiger partial charge in [-0.2, -0.15) is 5.26 Å². The molecule has 1 heterocycles. The number of benzene rings is 1. The van der Waals surface area contributed by atoms with E-state index < -0.39 is 0 Å². The number of hydrogen-bond donors (Lipinski definition) is 1. The van der Waals surface area contributed by atoms with Crippen molar-refractivity contribution in [1.29, 1.82) is 5.26 Å². The van der Waals surface area contributed by atoms with Crippen LogP contribution in [-0.2, 0) is 4.79 Å². The Morgan fingerprint density at radius 3 is 2.85 bits per heavy atom. The predicted molar refractivity (Wildman–Crippen MR) is 82.9 cm³/mol. The van der Waals surface area contributed by atoms with E-state index in [0.29, 0.717) is 29.7 Å². The number of nitrogens with one attached hydrogen (secondary N) is 1. The molecule has 4 nitrogen and oxygen atoms in total. The maximum Gasteiger partial charge on any atom is 0.195 e. The molecule has 1 fully saturated rings. The van der Waals surface area contributed by atoms with E-state index in [2.05, 4.69) is 32.3 Å². The molecule has 1 saturated carbocycles. The van der Waals surface area contributed by atoms with E-state index in [1.54, 1.807) is 0 Å². The van der Waals surface area contributed by atoms with Gasteiger partial charge in [0.15, 0.2) is 5.01 Å². The predicted octanol–water partition coefficient (Wildman–Crippen LogP) is 3.85. The smallest absolute Gasteiger partial charge is 0.195 e. The van der Waals surface area contributed by atoms with Crippen LogP contribution in [0.3, 0.4) is 0 Å². The number of anilines is 1. The molecule has 1 aliphatic carbocycles. The zero-order valence-corrected chi connectivity index (χ0v) is 13.1. The summed E-state index contributed by atoms with van der Waals surface area (Å²) in [6.07, 6.45) is 3.08. The topological polar surface area (TPSA) is 65.8 Å². The largest absolute Gasteiger partial charge is 0.381 e. The third-order valence-electron chi connectivity index (χ3n) is 3.50.